The van der Waals surface area contributed by atoms with E-state index in [9.17, 15) is 4.79 Å². The highest BCUT2D eigenvalue weighted by atomic mass is 16.5. The third-order valence-electron chi connectivity index (χ3n) is 5.96. The van der Waals surface area contributed by atoms with Crippen molar-refractivity contribution in [3.05, 3.63) is 35.9 Å². The molecule has 1 fully saturated rings. The number of piperidine rings is 1. The third-order valence-corrected chi connectivity index (χ3v) is 5.96. The van der Waals surface area contributed by atoms with Crippen LogP contribution in [0.5, 0.6) is 0 Å². The molecule has 1 aromatic heterocycles. The van der Waals surface area contributed by atoms with Crippen molar-refractivity contribution >= 4 is 11.8 Å². The van der Waals surface area contributed by atoms with Gasteiger partial charge in [-0.15, -0.1) is 0 Å². The van der Waals surface area contributed by atoms with E-state index in [2.05, 4.69) is 43.0 Å². The summed E-state index contributed by atoms with van der Waals surface area (Å²) in [6, 6.07) is 10.3. The van der Waals surface area contributed by atoms with Gasteiger partial charge in [-0.25, -0.2) is 0 Å². The molecule has 1 aromatic carbocycles. The molecule has 5 nitrogen and oxygen atoms in total. The van der Waals surface area contributed by atoms with Crippen LogP contribution in [0.15, 0.2) is 34.9 Å². The minimum Gasteiger partial charge on any atom is -0.340 e. The van der Waals surface area contributed by atoms with Gasteiger partial charge in [-0.1, -0.05) is 56.3 Å². The van der Waals surface area contributed by atoms with E-state index in [1.54, 1.807) is 0 Å². The Morgan fingerprint density at radius 3 is 2.54 bits per heavy atom. The minimum atomic E-state index is 0.174. The van der Waals surface area contributed by atoms with E-state index in [0.29, 0.717) is 13.0 Å². The normalized spacial score (nSPS) is 16.2. The zero-order valence-electron chi connectivity index (χ0n) is 17.6. The predicted octanol–water partition coefficient (Wildman–Crippen LogP) is 5.12. The van der Waals surface area contributed by atoms with Crippen molar-refractivity contribution in [3.63, 3.8) is 0 Å². The zero-order valence-corrected chi connectivity index (χ0v) is 17.6. The fraction of sp³-hybridized carbons (Fsp3) is 0.565. The van der Waals surface area contributed by atoms with Gasteiger partial charge in [-0.2, -0.15) is 0 Å². The van der Waals surface area contributed by atoms with Gasteiger partial charge in [0.15, 0.2) is 0 Å². The molecule has 5 heteroatoms. The summed E-state index contributed by atoms with van der Waals surface area (Å²) in [5, 5.41) is 4.45. The molecule has 0 bridgehead atoms. The minimum absolute atomic E-state index is 0.174. The number of nitrogens with zero attached hydrogens (tertiary/aromatic N) is 3. The van der Waals surface area contributed by atoms with Gasteiger partial charge in [0.2, 0.25) is 11.8 Å². The summed E-state index contributed by atoms with van der Waals surface area (Å²) < 4.78 is 5.89. The summed E-state index contributed by atoms with van der Waals surface area (Å²) in [5.41, 5.74) is 2.92. The molecule has 2 heterocycles. The maximum absolute atomic E-state index is 12.7. The monoisotopic (exact) mass is 383 g/mol. The van der Waals surface area contributed by atoms with Crippen LogP contribution in [0.3, 0.4) is 0 Å². The molecule has 0 spiro atoms. The Bertz CT molecular complexity index is 763. The van der Waals surface area contributed by atoms with E-state index >= 15 is 0 Å². The topological polar surface area (TPSA) is 49.6 Å². The molecule has 1 saturated heterocycles. The van der Waals surface area contributed by atoms with Gasteiger partial charge in [-0.3, -0.25) is 4.79 Å². The first kappa shape index (κ1) is 20.4. The average Bonchev–Trinajstić information content (AvgIpc) is 3.15. The highest BCUT2D eigenvalue weighted by Crippen LogP contribution is 2.35. The van der Waals surface area contributed by atoms with Crippen molar-refractivity contribution in [2.45, 2.75) is 66.0 Å². The number of hydrogen-bond acceptors (Lipinski definition) is 4. The lowest BCUT2D eigenvalue weighted by Crippen LogP contribution is -2.38. The van der Waals surface area contributed by atoms with Crippen LogP contribution in [0, 0.1) is 5.92 Å². The number of anilines is 1. The van der Waals surface area contributed by atoms with Crippen LogP contribution >= 0.6 is 0 Å². The molecule has 0 N–H and O–H groups in total. The standard InChI is InChI=1S/C23H33N3O2/c1-5-18(4)26(21(27)6-2)16-20-22(19-10-8-7-9-11-19)24-28-23(20)25-14-12-17(3)13-15-25/h7-11,17-18H,5-6,12-16H2,1-4H3. The van der Waals surface area contributed by atoms with Crippen LogP contribution in [0.2, 0.25) is 0 Å². The van der Waals surface area contributed by atoms with E-state index < -0.39 is 0 Å². The van der Waals surface area contributed by atoms with E-state index in [1.165, 1.54) is 0 Å². The lowest BCUT2D eigenvalue weighted by atomic mass is 9.98. The molecule has 1 aliphatic heterocycles. The van der Waals surface area contributed by atoms with E-state index in [4.69, 9.17) is 4.52 Å². The van der Waals surface area contributed by atoms with Gasteiger partial charge in [-0.05, 0) is 32.1 Å². The first-order chi connectivity index (χ1) is 13.5. The van der Waals surface area contributed by atoms with Crippen LogP contribution in [0.1, 0.15) is 58.9 Å². The molecule has 0 radical (unpaired) electrons. The fourth-order valence-electron chi connectivity index (χ4n) is 3.81. The number of aromatic nitrogens is 1. The number of benzene rings is 1. The van der Waals surface area contributed by atoms with Crippen molar-refractivity contribution in [1.82, 2.24) is 10.1 Å². The van der Waals surface area contributed by atoms with Crippen LogP contribution in [-0.4, -0.2) is 35.1 Å². The number of hydrogen-bond donors (Lipinski definition) is 0. The smallest absolute Gasteiger partial charge is 0.232 e. The highest BCUT2D eigenvalue weighted by Gasteiger charge is 2.29. The average molecular weight is 384 g/mol. The van der Waals surface area contributed by atoms with Gasteiger partial charge in [0.05, 0.1) is 12.1 Å². The van der Waals surface area contributed by atoms with E-state index in [1.807, 2.05) is 30.0 Å². The molecular formula is C23H33N3O2. The summed E-state index contributed by atoms with van der Waals surface area (Å²) in [6.45, 7) is 11.0. The van der Waals surface area contributed by atoms with Gasteiger partial charge in [0.25, 0.3) is 0 Å². The Labute approximate surface area is 168 Å². The van der Waals surface area contributed by atoms with Crippen molar-refractivity contribution in [2.75, 3.05) is 18.0 Å². The van der Waals surface area contributed by atoms with E-state index in [0.717, 1.165) is 61.0 Å². The Morgan fingerprint density at radius 2 is 1.93 bits per heavy atom. The molecule has 28 heavy (non-hydrogen) atoms. The van der Waals surface area contributed by atoms with Crippen LogP contribution in [0.4, 0.5) is 5.88 Å². The summed E-state index contributed by atoms with van der Waals surface area (Å²) in [6.07, 6.45) is 3.74. The fourth-order valence-corrected chi connectivity index (χ4v) is 3.81. The van der Waals surface area contributed by atoms with Crippen molar-refractivity contribution in [3.8, 4) is 11.3 Å². The van der Waals surface area contributed by atoms with Crippen molar-refractivity contribution < 1.29 is 9.32 Å². The Balaban J connectivity index is 1.99. The molecule has 1 unspecified atom stereocenters. The quantitative estimate of drug-likeness (QED) is 0.666. The summed E-state index contributed by atoms with van der Waals surface area (Å²) in [5.74, 6) is 1.75. The zero-order chi connectivity index (χ0) is 20.1. The Kier molecular flexibility index (Phi) is 6.76. The molecule has 3 rings (SSSR count). The molecule has 152 valence electrons. The number of rotatable bonds is 7. The van der Waals surface area contributed by atoms with Crippen molar-refractivity contribution in [1.29, 1.82) is 0 Å². The third kappa shape index (κ3) is 4.40. The van der Waals surface area contributed by atoms with Gasteiger partial charge in [0, 0.05) is 31.1 Å². The van der Waals surface area contributed by atoms with Gasteiger partial charge >= 0.3 is 0 Å². The maximum Gasteiger partial charge on any atom is 0.232 e. The first-order valence-corrected chi connectivity index (χ1v) is 10.6. The Morgan fingerprint density at radius 1 is 1.25 bits per heavy atom. The molecule has 1 atom stereocenters. The van der Waals surface area contributed by atoms with Gasteiger partial charge < -0.3 is 14.3 Å². The van der Waals surface area contributed by atoms with Crippen LogP contribution < -0.4 is 4.90 Å². The number of carbonyl (C=O) groups excluding carboxylic acids is 1. The molecule has 2 aromatic rings. The molecular weight excluding hydrogens is 350 g/mol. The summed E-state index contributed by atoms with van der Waals surface area (Å²) in [7, 11) is 0. The molecule has 1 aliphatic rings. The number of amides is 1. The van der Waals surface area contributed by atoms with E-state index in [-0.39, 0.29) is 11.9 Å². The molecule has 0 aliphatic carbocycles. The lowest BCUT2D eigenvalue weighted by molar-refractivity contribution is -0.133. The molecule has 1 amide bonds. The second-order valence-electron chi connectivity index (χ2n) is 7.98. The summed E-state index contributed by atoms with van der Waals surface area (Å²) in [4.78, 5) is 17.0. The second-order valence-corrected chi connectivity index (χ2v) is 7.98. The SMILES string of the molecule is CCC(=O)N(Cc1c(-c2ccccc2)noc1N1CCC(C)CC1)C(C)CC. The second kappa shape index (κ2) is 9.26. The van der Waals surface area contributed by atoms with Crippen LogP contribution in [-0.2, 0) is 11.3 Å². The predicted molar refractivity (Wildman–Crippen MR) is 113 cm³/mol. The Hall–Kier alpha value is -2.30. The first-order valence-electron chi connectivity index (χ1n) is 10.6. The largest absolute Gasteiger partial charge is 0.340 e. The highest BCUT2D eigenvalue weighted by molar-refractivity contribution is 5.77. The van der Waals surface area contributed by atoms with Gasteiger partial charge in [0.1, 0.15) is 5.69 Å². The molecule has 0 saturated carbocycles. The maximum atomic E-state index is 12.7. The lowest BCUT2D eigenvalue weighted by Gasteiger charge is -2.32. The van der Waals surface area contributed by atoms with Crippen molar-refractivity contribution in [2.24, 2.45) is 5.92 Å². The summed E-state index contributed by atoms with van der Waals surface area (Å²) >= 11 is 0. The van der Waals surface area contributed by atoms with Crippen LogP contribution in [0.25, 0.3) is 11.3 Å². The number of carbonyl (C=O) groups is 1.